The summed E-state index contributed by atoms with van der Waals surface area (Å²) in [5.74, 6) is -0.216. The molecule has 0 radical (unpaired) electrons. The van der Waals surface area contributed by atoms with Crippen LogP contribution in [0.5, 0.6) is 0 Å². The summed E-state index contributed by atoms with van der Waals surface area (Å²) in [4.78, 5) is 26.7. The average Bonchev–Trinajstić information content (AvgIpc) is 2.56. The van der Waals surface area contributed by atoms with Gasteiger partial charge in [-0.25, -0.2) is 0 Å². The molecule has 2 atom stereocenters. The van der Waals surface area contributed by atoms with Gasteiger partial charge >= 0.3 is 0 Å². The zero-order valence-electron chi connectivity index (χ0n) is 13.2. The zero-order valence-corrected chi connectivity index (χ0v) is 14.7. The maximum absolute atomic E-state index is 12.6. The highest BCUT2D eigenvalue weighted by molar-refractivity contribution is 6.42. The van der Waals surface area contributed by atoms with Gasteiger partial charge in [0.05, 0.1) is 28.0 Å². The Morgan fingerprint density at radius 2 is 2.17 bits per heavy atom. The Kier molecular flexibility index (Phi) is 5.04. The van der Waals surface area contributed by atoms with Gasteiger partial charge in [-0.05, 0) is 37.0 Å². The first-order valence-corrected chi connectivity index (χ1v) is 8.86. The number of aliphatic hydroxyl groups is 1. The van der Waals surface area contributed by atoms with Gasteiger partial charge < -0.3 is 15.3 Å². The van der Waals surface area contributed by atoms with Gasteiger partial charge in [-0.2, -0.15) is 0 Å². The van der Waals surface area contributed by atoms with Gasteiger partial charge in [-0.15, -0.1) is 0 Å². The lowest BCUT2D eigenvalue weighted by molar-refractivity contribution is -0.154. The van der Waals surface area contributed by atoms with Crippen LogP contribution in [0.2, 0.25) is 10.0 Å². The standard InChI is InChI=1S/C17H20Cl2N2O3/c18-12-3-2-11(8-13(12)19)9-15(23)21-7-4-14(22)17(10-21)5-1-6-20-16(17)24/h2-3,8,14,22H,1,4-7,9-10H2,(H,20,24)/t14-,17+/m0/s1. The number of nitrogens with zero attached hydrogens (tertiary/aromatic N) is 1. The van der Waals surface area contributed by atoms with Gasteiger partial charge in [-0.1, -0.05) is 29.3 Å². The number of piperidine rings is 2. The molecule has 7 heteroatoms. The fourth-order valence-electron chi connectivity index (χ4n) is 3.59. The maximum Gasteiger partial charge on any atom is 0.230 e. The number of rotatable bonds is 2. The summed E-state index contributed by atoms with van der Waals surface area (Å²) in [6, 6.07) is 5.13. The van der Waals surface area contributed by atoms with Crippen molar-refractivity contribution in [3.8, 4) is 0 Å². The van der Waals surface area contributed by atoms with Gasteiger partial charge in [0.25, 0.3) is 0 Å². The number of benzene rings is 1. The van der Waals surface area contributed by atoms with E-state index in [1.165, 1.54) is 0 Å². The van der Waals surface area contributed by atoms with Crippen LogP contribution in [-0.4, -0.2) is 47.6 Å². The van der Waals surface area contributed by atoms with Crippen molar-refractivity contribution in [3.63, 3.8) is 0 Å². The maximum atomic E-state index is 12.6. The van der Waals surface area contributed by atoms with Crippen LogP contribution in [-0.2, 0) is 16.0 Å². The molecule has 2 fully saturated rings. The molecule has 0 bridgehead atoms. The summed E-state index contributed by atoms with van der Waals surface area (Å²) in [6.07, 6.45) is 1.34. The minimum Gasteiger partial charge on any atom is -0.392 e. The summed E-state index contributed by atoms with van der Waals surface area (Å²) >= 11 is 11.9. The molecule has 0 unspecified atom stereocenters. The molecule has 0 aliphatic carbocycles. The Morgan fingerprint density at radius 1 is 1.38 bits per heavy atom. The van der Waals surface area contributed by atoms with E-state index >= 15 is 0 Å². The quantitative estimate of drug-likeness (QED) is 0.836. The Labute approximate surface area is 150 Å². The third-order valence-electron chi connectivity index (χ3n) is 5.01. The number of hydrogen-bond acceptors (Lipinski definition) is 3. The monoisotopic (exact) mass is 370 g/mol. The lowest BCUT2D eigenvalue weighted by Crippen LogP contribution is -2.62. The molecule has 1 spiro atoms. The first-order chi connectivity index (χ1) is 11.4. The van der Waals surface area contributed by atoms with Crippen molar-refractivity contribution in [2.24, 2.45) is 5.41 Å². The van der Waals surface area contributed by atoms with E-state index in [0.29, 0.717) is 36.0 Å². The molecule has 2 saturated heterocycles. The largest absolute Gasteiger partial charge is 0.392 e. The normalized spacial score (nSPS) is 27.2. The highest BCUT2D eigenvalue weighted by Crippen LogP contribution is 2.37. The second-order valence-corrected chi connectivity index (χ2v) is 7.37. The van der Waals surface area contributed by atoms with Gasteiger partial charge in [0, 0.05) is 19.6 Å². The van der Waals surface area contributed by atoms with Crippen LogP contribution in [0.3, 0.4) is 0 Å². The first-order valence-electron chi connectivity index (χ1n) is 8.10. The van der Waals surface area contributed by atoms with E-state index in [4.69, 9.17) is 23.2 Å². The Balaban J connectivity index is 1.73. The van der Waals surface area contributed by atoms with Gasteiger partial charge in [-0.3, -0.25) is 9.59 Å². The van der Waals surface area contributed by atoms with E-state index in [1.807, 2.05) is 0 Å². The van der Waals surface area contributed by atoms with E-state index in [-0.39, 0.29) is 24.8 Å². The molecule has 2 N–H and O–H groups in total. The molecule has 2 heterocycles. The number of hydrogen-bond donors (Lipinski definition) is 2. The van der Waals surface area contributed by atoms with E-state index in [9.17, 15) is 14.7 Å². The minimum atomic E-state index is -0.871. The molecule has 2 aliphatic heterocycles. The van der Waals surface area contributed by atoms with Crippen LogP contribution in [0.15, 0.2) is 18.2 Å². The molecule has 130 valence electrons. The van der Waals surface area contributed by atoms with Crippen LogP contribution >= 0.6 is 23.2 Å². The number of carbonyl (C=O) groups excluding carboxylic acids is 2. The third-order valence-corrected chi connectivity index (χ3v) is 5.75. The number of aliphatic hydroxyl groups excluding tert-OH is 1. The SMILES string of the molecule is O=C(Cc1ccc(Cl)c(Cl)c1)N1CC[C@H](O)[C@@]2(CCCNC2=O)C1. The minimum absolute atomic E-state index is 0.0713. The van der Waals surface area contributed by atoms with Gasteiger partial charge in [0.1, 0.15) is 0 Å². The summed E-state index contributed by atoms with van der Waals surface area (Å²) < 4.78 is 0. The Morgan fingerprint density at radius 3 is 2.88 bits per heavy atom. The van der Waals surface area contributed by atoms with Crippen LogP contribution in [0.4, 0.5) is 0 Å². The van der Waals surface area contributed by atoms with E-state index in [0.717, 1.165) is 12.0 Å². The van der Waals surface area contributed by atoms with E-state index < -0.39 is 11.5 Å². The first kappa shape index (κ1) is 17.5. The molecule has 2 amide bonds. The number of halogens is 2. The number of carbonyl (C=O) groups is 2. The van der Waals surface area contributed by atoms with Gasteiger partial charge in [0.2, 0.25) is 11.8 Å². The molecule has 5 nitrogen and oxygen atoms in total. The van der Waals surface area contributed by atoms with Crippen LogP contribution in [0.25, 0.3) is 0 Å². The summed E-state index contributed by atoms with van der Waals surface area (Å²) in [7, 11) is 0. The number of nitrogens with one attached hydrogen (secondary N) is 1. The molecule has 0 aromatic heterocycles. The predicted octanol–water partition coefficient (Wildman–Crippen LogP) is 2.03. The fourth-order valence-corrected chi connectivity index (χ4v) is 3.91. The van der Waals surface area contributed by atoms with Crippen LogP contribution in [0.1, 0.15) is 24.8 Å². The fraction of sp³-hybridized carbons (Fsp3) is 0.529. The topological polar surface area (TPSA) is 69.6 Å². The number of likely N-dealkylation sites (tertiary alicyclic amines) is 1. The van der Waals surface area contributed by atoms with Crippen LogP contribution in [0, 0.1) is 5.41 Å². The van der Waals surface area contributed by atoms with Crippen molar-refractivity contribution in [3.05, 3.63) is 33.8 Å². The molecule has 1 aromatic carbocycles. The van der Waals surface area contributed by atoms with Gasteiger partial charge in [0.15, 0.2) is 0 Å². The second-order valence-electron chi connectivity index (χ2n) is 6.56. The molecule has 24 heavy (non-hydrogen) atoms. The van der Waals surface area contributed by atoms with Crippen molar-refractivity contribution >= 4 is 35.0 Å². The van der Waals surface area contributed by atoms with Crippen LogP contribution < -0.4 is 5.32 Å². The van der Waals surface area contributed by atoms with Crippen molar-refractivity contribution in [2.45, 2.75) is 31.8 Å². The third kappa shape index (κ3) is 3.25. The predicted molar refractivity (Wildman–Crippen MR) is 92.0 cm³/mol. The Hall–Kier alpha value is -1.30. The number of amides is 2. The lowest BCUT2D eigenvalue weighted by atomic mass is 9.71. The molecule has 2 aliphatic rings. The second kappa shape index (κ2) is 6.90. The average molecular weight is 371 g/mol. The molecular weight excluding hydrogens is 351 g/mol. The van der Waals surface area contributed by atoms with E-state index in [2.05, 4.69) is 5.32 Å². The summed E-state index contributed by atoms with van der Waals surface area (Å²) in [5, 5.41) is 14.1. The summed E-state index contributed by atoms with van der Waals surface area (Å²) in [6.45, 7) is 1.35. The molecular formula is C17H20Cl2N2O3. The highest BCUT2D eigenvalue weighted by atomic mass is 35.5. The highest BCUT2D eigenvalue weighted by Gasteiger charge is 2.50. The lowest BCUT2D eigenvalue weighted by Gasteiger charge is -2.46. The van der Waals surface area contributed by atoms with E-state index in [1.54, 1.807) is 23.1 Å². The zero-order chi connectivity index (χ0) is 17.3. The molecule has 3 rings (SSSR count). The van der Waals surface area contributed by atoms with Crippen molar-refractivity contribution in [1.29, 1.82) is 0 Å². The van der Waals surface area contributed by atoms with Crippen molar-refractivity contribution in [2.75, 3.05) is 19.6 Å². The van der Waals surface area contributed by atoms with Crippen molar-refractivity contribution < 1.29 is 14.7 Å². The smallest absolute Gasteiger partial charge is 0.230 e. The molecule has 1 aromatic rings. The molecule has 0 saturated carbocycles. The summed E-state index contributed by atoms with van der Waals surface area (Å²) in [5.41, 5.74) is -0.0910. The van der Waals surface area contributed by atoms with Crippen molar-refractivity contribution in [1.82, 2.24) is 10.2 Å². The Bertz CT molecular complexity index is 667.